The molecule has 0 saturated carbocycles. The third-order valence-corrected chi connectivity index (χ3v) is 0. The van der Waals surface area contributed by atoms with Crippen molar-refractivity contribution >= 4 is 10.4 Å². The molecule has 2 N–H and O–H groups in total. The second-order valence-electron chi connectivity index (χ2n) is 0.428. The van der Waals surface area contributed by atoms with Gasteiger partial charge in [-0.15, -0.1) is 0 Å². The van der Waals surface area contributed by atoms with Crippen LogP contribution in [0.4, 0.5) is 0 Å². The fourth-order valence-corrected chi connectivity index (χ4v) is 0. The molecule has 0 atom stereocenters. The Bertz CT molecular complexity index is 103. The summed E-state index contributed by atoms with van der Waals surface area (Å²) in [5.41, 5.74) is 0. The van der Waals surface area contributed by atoms with Gasteiger partial charge < -0.3 is 27.0 Å². The van der Waals surface area contributed by atoms with Gasteiger partial charge in [-0.25, -0.2) is 8.42 Å². The van der Waals surface area contributed by atoms with Crippen LogP contribution in [0.2, 0.25) is 0 Å². The zero-order valence-electron chi connectivity index (χ0n) is 5.91. The van der Waals surface area contributed by atoms with Gasteiger partial charge in [-0.3, -0.25) is 4.55 Å². The minimum absolute atomic E-state index is 0. The molecule has 0 spiro atoms. The molecular weight excluding hydrogens is 277 g/mol. The molecule has 0 aromatic carbocycles. The third-order valence-electron chi connectivity index (χ3n) is 0. The van der Waals surface area contributed by atoms with Crippen LogP contribution in [0.15, 0.2) is 0 Å². The first-order valence-corrected chi connectivity index (χ1v) is 2.05. The van der Waals surface area contributed by atoms with E-state index in [0.29, 0.717) is 0 Å². The van der Waals surface area contributed by atoms with E-state index in [1.54, 1.807) is 0 Å². The van der Waals surface area contributed by atoms with Crippen molar-refractivity contribution in [2.24, 2.45) is 0 Å². The van der Waals surface area contributed by atoms with Crippen LogP contribution in [0.1, 0.15) is 0 Å². The minimum atomic E-state index is -4.92. The van der Waals surface area contributed by atoms with E-state index >= 15 is 0 Å². The molecule has 0 aliphatic rings. The normalized spacial score (nSPS) is 5.80. The molecule has 48 valence electrons. The van der Waals surface area contributed by atoms with Crippen molar-refractivity contribution in [3.05, 3.63) is 0 Å². The maximum absolute atomic E-state index is 8.63. The van der Waals surface area contributed by atoms with Gasteiger partial charge in [-0.2, -0.15) is 0 Å². The van der Waals surface area contributed by atoms with Crippen molar-refractivity contribution in [1.82, 2.24) is 0 Å². The van der Waals surface area contributed by atoms with Crippen LogP contribution in [0, 0.1) is 0 Å². The monoisotopic (exact) mass is 278 g/mol. The van der Waals surface area contributed by atoms with E-state index in [9.17, 15) is 0 Å². The Labute approximate surface area is 157 Å². The molecule has 0 unspecified atom stereocenters. The maximum Gasteiger partial charge on any atom is 1.00 e. The quantitative estimate of drug-likeness (QED) is 0.269. The Morgan fingerprint density at radius 3 is 1.20 bits per heavy atom. The first kappa shape index (κ1) is 37.0. The summed E-state index contributed by atoms with van der Waals surface area (Å²) in [4.78, 5) is 0. The number of hydrogen-bond acceptors (Lipinski definition) is 4. The zero-order valence-corrected chi connectivity index (χ0v) is 15.4. The first-order chi connectivity index (χ1) is 2.00. The number of rotatable bonds is 0. The van der Waals surface area contributed by atoms with Crippen molar-refractivity contribution in [1.29, 1.82) is 0 Å². The summed E-state index contributed by atoms with van der Waals surface area (Å²) in [6, 6.07) is 0. The van der Waals surface area contributed by atoms with Gasteiger partial charge >= 0.3 is 110 Å². The van der Waals surface area contributed by atoms with Crippen molar-refractivity contribution in [2.45, 2.75) is 0 Å². The summed E-state index contributed by atoms with van der Waals surface area (Å²) < 4.78 is 32.8. The van der Waals surface area contributed by atoms with E-state index in [2.05, 4.69) is 0 Å². The van der Waals surface area contributed by atoms with Gasteiger partial charge in [-0.05, 0) is 0 Å². The molecule has 5 nitrogen and oxygen atoms in total. The first-order valence-electron chi connectivity index (χ1n) is 0.683. The molecule has 10 heteroatoms. The number of hydrogen-bond donors (Lipinski definition) is 1. The van der Waals surface area contributed by atoms with Crippen LogP contribution in [-0.2, 0) is 10.4 Å². The van der Waals surface area contributed by atoms with Crippen LogP contribution < -0.4 is 127 Å². The Hall–Kier alpha value is 3.95. The average Bonchev–Trinajstić information content (AvgIpc) is 0.722. The van der Waals surface area contributed by atoms with Crippen molar-refractivity contribution in [3.63, 3.8) is 0 Å². The van der Waals surface area contributed by atoms with Gasteiger partial charge in [-0.1, -0.05) is 0 Å². The standard InChI is InChI=1S/BrH.K.2Na.H2O4S.H2O/c;;;;1-5(2,3)4;/h1H;;;;(H2,1,2,3,4);1H2/q;3*+1;;/p-3. The molecular formula is H2BrKNa2O5S. The summed E-state index contributed by atoms with van der Waals surface area (Å²) in [7, 11) is -4.92. The van der Waals surface area contributed by atoms with Gasteiger partial charge in [0.15, 0.2) is 0 Å². The molecule has 0 fully saturated rings. The molecule has 0 aromatic rings. The SMILES string of the molecule is O=S(=O)([O-])O.[Br-].[K+].[Na+].[Na+].[OH-]. The fourth-order valence-electron chi connectivity index (χ4n) is 0. The molecule has 0 aliphatic heterocycles. The molecule has 10 heavy (non-hydrogen) atoms. The van der Waals surface area contributed by atoms with Gasteiger partial charge in [0.25, 0.3) is 0 Å². The molecule has 0 saturated heterocycles. The third kappa shape index (κ3) is 91.9. The maximum atomic E-state index is 8.63. The second kappa shape index (κ2) is 18.7. The van der Waals surface area contributed by atoms with E-state index in [1.807, 2.05) is 0 Å². The molecule has 0 aliphatic carbocycles. The van der Waals surface area contributed by atoms with Crippen LogP contribution in [0.3, 0.4) is 0 Å². The van der Waals surface area contributed by atoms with Crippen LogP contribution in [0.25, 0.3) is 0 Å². The Morgan fingerprint density at radius 1 is 1.20 bits per heavy atom. The van der Waals surface area contributed by atoms with E-state index in [-0.39, 0.29) is 133 Å². The summed E-state index contributed by atoms with van der Waals surface area (Å²) >= 11 is 0. The summed E-state index contributed by atoms with van der Waals surface area (Å²) in [5.74, 6) is 0. The van der Waals surface area contributed by atoms with Crippen molar-refractivity contribution in [3.8, 4) is 0 Å². The van der Waals surface area contributed by atoms with Crippen LogP contribution in [0.5, 0.6) is 0 Å². The van der Waals surface area contributed by atoms with Crippen LogP contribution >= 0.6 is 0 Å². The van der Waals surface area contributed by atoms with Crippen molar-refractivity contribution in [2.75, 3.05) is 0 Å². The minimum Gasteiger partial charge on any atom is -1.00 e. The molecule has 0 bridgehead atoms. The second-order valence-corrected chi connectivity index (χ2v) is 1.28. The Balaban J connectivity index is -0.00000000800. The predicted octanol–water partition coefficient (Wildman–Crippen LogP) is -13.2. The number of halogens is 1. The largest absolute Gasteiger partial charge is 1.00 e. The van der Waals surface area contributed by atoms with Gasteiger partial charge in [0.2, 0.25) is 10.4 Å². The summed E-state index contributed by atoms with van der Waals surface area (Å²) in [6.45, 7) is 0. The zero-order chi connectivity index (χ0) is 4.50. The molecule has 0 rings (SSSR count). The fraction of sp³-hybridized carbons (Fsp3) is 0. The van der Waals surface area contributed by atoms with E-state index in [0.717, 1.165) is 0 Å². The van der Waals surface area contributed by atoms with E-state index in [1.165, 1.54) is 0 Å². The summed E-state index contributed by atoms with van der Waals surface area (Å²) in [6.07, 6.45) is 0. The molecule has 0 radical (unpaired) electrons. The van der Waals surface area contributed by atoms with Crippen LogP contribution in [-0.4, -0.2) is 23.0 Å². The Kier molecular flexibility index (Phi) is 69.1. The Morgan fingerprint density at radius 2 is 1.20 bits per heavy atom. The topological polar surface area (TPSA) is 107 Å². The van der Waals surface area contributed by atoms with Crippen molar-refractivity contribution < 1.29 is 150 Å². The van der Waals surface area contributed by atoms with Gasteiger partial charge in [0.1, 0.15) is 0 Å². The molecule has 0 heterocycles. The predicted molar refractivity (Wildman–Crippen MR) is 14.3 cm³/mol. The van der Waals surface area contributed by atoms with Gasteiger partial charge in [0.05, 0.1) is 0 Å². The average molecular weight is 279 g/mol. The van der Waals surface area contributed by atoms with Gasteiger partial charge in [0, 0.05) is 0 Å². The molecule has 0 amide bonds. The van der Waals surface area contributed by atoms with E-state index < -0.39 is 10.4 Å². The smallest absolute Gasteiger partial charge is 1.00 e. The van der Waals surface area contributed by atoms with E-state index in [4.69, 9.17) is 17.5 Å². The molecule has 0 aromatic heterocycles. The summed E-state index contributed by atoms with van der Waals surface area (Å²) in [5, 5.41) is 0.